The number of para-hydroxylation sites is 1. The molecule has 0 aromatic heterocycles. The number of benzene rings is 1. The molecule has 0 saturated carbocycles. The van der Waals surface area contributed by atoms with Crippen molar-refractivity contribution in [2.24, 2.45) is 5.73 Å². The first-order valence-electron chi connectivity index (χ1n) is 7.53. The van der Waals surface area contributed by atoms with Crippen LogP contribution < -0.4 is 20.5 Å². The topological polar surface area (TPSA) is 73.6 Å². The summed E-state index contributed by atoms with van der Waals surface area (Å²) in [4.78, 5) is 11.9. The molecule has 1 amide bonds. The van der Waals surface area contributed by atoms with E-state index in [1.807, 2.05) is 39.0 Å². The van der Waals surface area contributed by atoms with Crippen LogP contribution in [0.2, 0.25) is 0 Å². The van der Waals surface area contributed by atoms with Crippen molar-refractivity contribution in [3.63, 3.8) is 0 Å². The first kappa shape index (κ1) is 17.3. The maximum atomic E-state index is 11.9. The average Bonchev–Trinajstić information content (AvgIpc) is 2.51. The minimum absolute atomic E-state index is 0.0341. The predicted molar refractivity (Wildman–Crippen MR) is 83.5 cm³/mol. The quantitative estimate of drug-likeness (QED) is 0.732. The summed E-state index contributed by atoms with van der Waals surface area (Å²) in [7, 11) is 0. The van der Waals surface area contributed by atoms with Crippen molar-refractivity contribution in [2.45, 2.75) is 46.2 Å². The summed E-state index contributed by atoms with van der Waals surface area (Å²) in [5.74, 6) is 1.05. The standard InChI is InChI=1S/C16H26N2O3/c1-4-13(5-2)18-15(19)11-21-16-12(10-17)8-7-9-14(16)20-6-3/h7-9,13H,4-6,10-11,17H2,1-3H3,(H,18,19). The molecule has 0 aliphatic heterocycles. The average molecular weight is 294 g/mol. The Hall–Kier alpha value is -1.75. The molecule has 0 unspecified atom stereocenters. The van der Waals surface area contributed by atoms with E-state index < -0.39 is 0 Å². The number of carbonyl (C=O) groups excluding carboxylic acids is 1. The maximum absolute atomic E-state index is 11.9. The summed E-state index contributed by atoms with van der Waals surface area (Å²) >= 11 is 0. The van der Waals surface area contributed by atoms with Gasteiger partial charge in [-0.25, -0.2) is 0 Å². The van der Waals surface area contributed by atoms with Gasteiger partial charge in [0.1, 0.15) is 0 Å². The van der Waals surface area contributed by atoms with Gasteiger partial charge >= 0.3 is 0 Å². The van der Waals surface area contributed by atoms with Gasteiger partial charge in [0.25, 0.3) is 5.91 Å². The van der Waals surface area contributed by atoms with Crippen LogP contribution in [-0.2, 0) is 11.3 Å². The molecule has 0 aliphatic rings. The van der Waals surface area contributed by atoms with Gasteiger partial charge in [-0.05, 0) is 25.8 Å². The Kier molecular flexibility index (Phi) is 7.61. The van der Waals surface area contributed by atoms with Crippen LogP contribution in [0.3, 0.4) is 0 Å². The highest BCUT2D eigenvalue weighted by molar-refractivity contribution is 5.78. The Morgan fingerprint density at radius 3 is 2.52 bits per heavy atom. The van der Waals surface area contributed by atoms with E-state index in [-0.39, 0.29) is 18.6 Å². The lowest BCUT2D eigenvalue weighted by molar-refractivity contribution is -0.123. The molecule has 5 heteroatoms. The van der Waals surface area contributed by atoms with E-state index in [1.54, 1.807) is 0 Å². The van der Waals surface area contributed by atoms with Gasteiger partial charge in [-0.15, -0.1) is 0 Å². The lowest BCUT2D eigenvalue weighted by Crippen LogP contribution is -2.37. The van der Waals surface area contributed by atoms with E-state index in [0.29, 0.717) is 24.7 Å². The lowest BCUT2D eigenvalue weighted by atomic mass is 10.2. The molecule has 21 heavy (non-hydrogen) atoms. The molecule has 0 aliphatic carbocycles. The van der Waals surface area contributed by atoms with Gasteiger partial charge in [0, 0.05) is 18.2 Å². The Balaban J connectivity index is 2.71. The summed E-state index contributed by atoms with van der Waals surface area (Å²) in [5.41, 5.74) is 6.54. The van der Waals surface area contributed by atoms with Crippen LogP contribution in [0.25, 0.3) is 0 Å². The fraction of sp³-hybridized carbons (Fsp3) is 0.562. The highest BCUT2D eigenvalue weighted by Gasteiger charge is 2.13. The van der Waals surface area contributed by atoms with Gasteiger partial charge < -0.3 is 20.5 Å². The van der Waals surface area contributed by atoms with Gasteiger partial charge in [-0.2, -0.15) is 0 Å². The predicted octanol–water partition coefficient (Wildman–Crippen LogP) is 2.23. The van der Waals surface area contributed by atoms with E-state index in [1.165, 1.54) is 0 Å². The Morgan fingerprint density at radius 1 is 1.24 bits per heavy atom. The molecule has 0 atom stereocenters. The van der Waals surface area contributed by atoms with Crippen LogP contribution in [0.4, 0.5) is 0 Å². The fourth-order valence-electron chi connectivity index (χ4n) is 2.05. The molecule has 0 heterocycles. The monoisotopic (exact) mass is 294 g/mol. The van der Waals surface area contributed by atoms with Crippen LogP contribution in [0.5, 0.6) is 11.5 Å². The number of nitrogens with two attached hydrogens (primary N) is 1. The second-order valence-electron chi connectivity index (χ2n) is 4.75. The molecule has 0 bridgehead atoms. The molecule has 0 fully saturated rings. The van der Waals surface area contributed by atoms with Crippen molar-refractivity contribution in [1.29, 1.82) is 0 Å². The smallest absolute Gasteiger partial charge is 0.258 e. The third kappa shape index (κ3) is 5.27. The Labute approximate surface area is 126 Å². The van der Waals surface area contributed by atoms with E-state index in [4.69, 9.17) is 15.2 Å². The number of amides is 1. The third-order valence-electron chi connectivity index (χ3n) is 3.28. The van der Waals surface area contributed by atoms with Gasteiger partial charge in [0.05, 0.1) is 6.61 Å². The number of hydrogen-bond acceptors (Lipinski definition) is 4. The molecular formula is C16H26N2O3. The number of rotatable bonds is 9. The van der Waals surface area contributed by atoms with Crippen molar-refractivity contribution in [2.75, 3.05) is 13.2 Å². The number of nitrogens with one attached hydrogen (secondary N) is 1. The maximum Gasteiger partial charge on any atom is 0.258 e. The highest BCUT2D eigenvalue weighted by atomic mass is 16.5. The molecule has 1 aromatic rings. The molecule has 3 N–H and O–H groups in total. The van der Waals surface area contributed by atoms with Crippen LogP contribution in [-0.4, -0.2) is 25.2 Å². The number of hydrogen-bond donors (Lipinski definition) is 2. The highest BCUT2D eigenvalue weighted by Crippen LogP contribution is 2.31. The second kappa shape index (κ2) is 9.23. The fourth-order valence-corrected chi connectivity index (χ4v) is 2.05. The summed E-state index contributed by atoms with van der Waals surface area (Å²) in [6.07, 6.45) is 1.82. The van der Waals surface area contributed by atoms with Gasteiger partial charge in [-0.3, -0.25) is 4.79 Å². The first-order chi connectivity index (χ1) is 10.2. The van der Waals surface area contributed by atoms with Crippen LogP contribution in [0.15, 0.2) is 18.2 Å². The van der Waals surface area contributed by atoms with Crippen LogP contribution in [0, 0.1) is 0 Å². The zero-order chi connectivity index (χ0) is 15.7. The summed E-state index contributed by atoms with van der Waals surface area (Å²) in [5, 5.41) is 2.94. The van der Waals surface area contributed by atoms with Crippen LogP contribution in [0.1, 0.15) is 39.2 Å². The largest absolute Gasteiger partial charge is 0.490 e. The van der Waals surface area contributed by atoms with Gasteiger partial charge in [0.2, 0.25) is 0 Å². The van der Waals surface area contributed by atoms with E-state index >= 15 is 0 Å². The lowest BCUT2D eigenvalue weighted by Gasteiger charge is -2.17. The van der Waals surface area contributed by atoms with Crippen LogP contribution >= 0.6 is 0 Å². The normalized spacial score (nSPS) is 10.5. The van der Waals surface area contributed by atoms with E-state index in [9.17, 15) is 4.79 Å². The van der Waals surface area contributed by atoms with Gasteiger partial charge in [-0.1, -0.05) is 26.0 Å². The van der Waals surface area contributed by atoms with Crippen molar-refractivity contribution < 1.29 is 14.3 Å². The minimum atomic E-state index is -0.127. The Morgan fingerprint density at radius 2 is 1.95 bits per heavy atom. The molecule has 0 radical (unpaired) electrons. The molecule has 1 rings (SSSR count). The summed E-state index contributed by atoms with van der Waals surface area (Å²) in [6.45, 7) is 6.83. The Bertz CT molecular complexity index is 445. The van der Waals surface area contributed by atoms with Crippen molar-refractivity contribution >= 4 is 5.91 Å². The van der Waals surface area contributed by atoms with Crippen molar-refractivity contribution in [3.05, 3.63) is 23.8 Å². The zero-order valence-electron chi connectivity index (χ0n) is 13.1. The van der Waals surface area contributed by atoms with Gasteiger partial charge in [0.15, 0.2) is 18.1 Å². The van der Waals surface area contributed by atoms with E-state index in [0.717, 1.165) is 18.4 Å². The second-order valence-corrected chi connectivity index (χ2v) is 4.75. The number of ether oxygens (including phenoxy) is 2. The molecule has 0 saturated heterocycles. The molecular weight excluding hydrogens is 268 g/mol. The minimum Gasteiger partial charge on any atom is -0.490 e. The SMILES string of the molecule is CCOc1cccc(CN)c1OCC(=O)NC(CC)CC. The van der Waals surface area contributed by atoms with E-state index in [2.05, 4.69) is 5.32 Å². The molecule has 5 nitrogen and oxygen atoms in total. The van der Waals surface area contributed by atoms with Crippen molar-refractivity contribution in [3.8, 4) is 11.5 Å². The molecule has 0 spiro atoms. The summed E-state index contributed by atoms with van der Waals surface area (Å²) < 4.78 is 11.2. The van der Waals surface area contributed by atoms with Crippen molar-refractivity contribution in [1.82, 2.24) is 5.32 Å². The zero-order valence-corrected chi connectivity index (χ0v) is 13.1. The number of carbonyl (C=O) groups is 1. The third-order valence-corrected chi connectivity index (χ3v) is 3.28. The summed E-state index contributed by atoms with van der Waals surface area (Å²) in [6, 6.07) is 5.75. The first-order valence-corrected chi connectivity index (χ1v) is 7.53. The molecule has 118 valence electrons. The molecule has 1 aromatic carbocycles.